The van der Waals surface area contributed by atoms with Gasteiger partial charge in [0.1, 0.15) is 0 Å². The lowest BCUT2D eigenvalue weighted by Gasteiger charge is -2.19. The third kappa shape index (κ3) is 4.44. The highest BCUT2D eigenvalue weighted by Gasteiger charge is 2.22. The zero-order chi connectivity index (χ0) is 19.3. The second kappa shape index (κ2) is 8.66. The van der Waals surface area contributed by atoms with Crippen LogP contribution in [0.1, 0.15) is 42.7 Å². The minimum atomic E-state index is -3.49. The maximum atomic E-state index is 12.5. The third-order valence-electron chi connectivity index (χ3n) is 4.19. The number of nitrogens with zero attached hydrogens (tertiary/aromatic N) is 1. The average molecular weight is 395 g/mol. The van der Waals surface area contributed by atoms with Gasteiger partial charge in [-0.05, 0) is 36.8 Å². The number of amides is 1. The lowest BCUT2D eigenvalue weighted by atomic mass is 10.1. The molecule has 2 aromatic carbocycles. The van der Waals surface area contributed by atoms with E-state index in [0.717, 1.165) is 5.56 Å². The lowest BCUT2D eigenvalue weighted by molar-refractivity contribution is 0.0940. The summed E-state index contributed by atoms with van der Waals surface area (Å²) in [4.78, 5) is 12.6. The summed E-state index contributed by atoms with van der Waals surface area (Å²) >= 11 is 6.04. The Balaban J connectivity index is 2.15. The second-order valence-corrected chi connectivity index (χ2v) is 8.18. The van der Waals surface area contributed by atoms with Crippen LogP contribution in [0.15, 0.2) is 53.4 Å². The first-order chi connectivity index (χ1) is 12.3. The summed E-state index contributed by atoms with van der Waals surface area (Å²) in [5.41, 5.74) is 1.21. The molecule has 26 heavy (non-hydrogen) atoms. The van der Waals surface area contributed by atoms with Crippen LogP contribution in [-0.4, -0.2) is 31.7 Å². The monoisotopic (exact) mass is 394 g/mol. The molecule has 0 fully saturated rings. The number of hydrogen-bond acceptors (Lipinski definition) is 3. The summed E-state index contributed by atoms with van der Waals surface area (Å²) in [5, 5.41) is 3.26. The lowest BCUT2D eigenvalue weighted by Crippen LogP contribution is -2.30. The first kappa shape index (κ1) is 20.4. The van der Waals surface area contributed by atoms with E-state index < -0.39 is 10.0 Å². The van der Waals surface area contributed by atoms with Crippen LogP contribution in [0.3, 0.4) is 0 Å². The molecule has 0 aliphatic rings. The van der Waals surface area contributed by atoms with Crippen molar-refractivity contribution in [1.29, 1.82) is 0 Å². The maximum Gasteiger partial charge on any atom is 0.253 e. The van der Waals surface area contributed by atoms with Crippen molar-refractivity contribution in [3.63, 3.8) is 0 Å². The van der Waals surface area contributed by atoms with E-state index in [1.165, 1.54) is 4.31 Å². The van der Waals surface area contributed by atoms with Crippen LogP contribution in [0.5, 0.6) is 0 Å². The van der Waals surface area contributed by atoms with Crippen molar-refractivity contribution in [2.24, 2.45) is 0 Å². The number of rotatable bonds is 7. The molecule has 7 heteroatoms. The van der Waals surface area contributed by atoms with Crippen molar-refractivity contribution in [2.75, 3.05) is 13.1 Å². The smallest absolute Gasteiger partial charge is 0.253 e. The van der Waals surface area contributed by atoms with Crippen LogP contribution in [0.2, 0.25) is 5.02 Å². The van der Waals surface area contributed by atoms with Crippen molar-refractivity contribution in [1.82, 2.24) is 9.62 Å². The molecule has 0 radical (unpaired) electrons. The molecule has 2 aromatic rings. The van der Waals surface area contributed by atoms with Gasteiger partial charge in [-0.15, -0.1) is 0 Å². The first-order valence-electron chi connectivity index (χ1n) is 8.46. The number of nitrogens with one attached hydrogen (secondary N) is 1. The van der Waals surface area contributed by atoms with E-state index in [9.17, 15) is 13.2 Å². The standard InChI is InChI=1S/C19H23ClN2O3S/c1-4-22(5-2)26(24,25)16-12-10-15(11-13-16)14(3)21-19(23)17-8-6-7-9-18(17)20/h6-14H,4-5H2,1-3H3,(H,21,23). The molecule has 0 spiro atoms. The largest absolute Gasteiger partial charge is 0.345 e. The van der Waals surface area contributed by atoms with Crippen molar-refractivity contribution >= 4 is 27.5 Å². The molecular formula is C19H23ClN2O3S. The number of sulfonamides is 1. The molecule has 5 nitrogen and oxygen atoms in total. The molecule has 1 amide bonds. The Morgan fingerprint density at radius 2 is 1.65 bits per heavy atom. The van der Waals surface area contributed by atoms with Gasteiger partial charge in [0.25, 0.3) is 5.91 Å². The Labute approximate surface area is 160 Å². The molecule has 0 saturated carbocycles. The molecule has 0 heterocycles. The van der Waals surface area contributed by atoms with Gasteiger partial charge in [0, 0.05) is 13.1 Å². The Bertz CT molecular complexity index is 863. The zero-order valence-electron chi connectivity index (χ0n) is 15.1. The van der Waals surface area contributed by atoms with Crippen LogP contribution in [0, 0.1) is 0 Å². The number of benzene rings is 2. The van der Waals surface area contributed by atoms with Gasteiger partial charge in [0.2, 0.25) is 10.0 Å². The highest BCUT2D eigenvalue weighted by Crippen LogP contribution is 2.21. The minimum Gasteiger partial charge on any atom is -0.345 e. The Morgan fingerprint density at radius 1 is 1.08 bits per heavy atom. The van der Waals surface area contributed by atoms with Gasteiger partial charge in [-0.2, -0.15) is 4.31 Å². The molecule has 1 N–H and O–H groups in total. The van der Waals surface area contributed by atoms with Crippen LogP contribution in [0.4, 0.5) is 0 Å². The summed E-state index contributed by atoms with van der Waals surface area (Å²) < 4.78 is 26.4. The second-order valence-electron chi connectivity index (χ2n) is 5.83. The summed E-state index contributed by atoms with van der Waals surface area (Å²) in [6.45, 7) is 6.29. The summed E-state index contributed by atoms with van der Waals surface area (Å²) in [6, 6.07) is 13.1. The van der Waals surface area contributed by atoms with Crippen LogP contribution in [-0.2, 0) is 10.0 Å². The molecule has 0 aliphatic heterocycles. The molecule has 0 bridgehead atoms. The van der Waals surface area contributed by atoms with Crippen molar-refractivity contribution in [3.8, 4) is 0 Å². The van der Waals surface area contributed by atoms with Crippen molar-refractivity contribution in [2.45, 2.75) is 31.7 Å². The summed E-state index contributed by atoms with van der Waals surface area (Å²) in [5.74, 6) is -0.275. The minimum absolute atomic E-state index is 0.245. The average Bonchev–Trinajstić information content (AvgIpc) is 2.62. The Kier molecular flexibility index (Phi) is 6.81. The Hall–Kier alpha value is -1.89. The van der Waals surface area contributed by atoms with Gasteiger partial charge in [0.15, 0.2) is 0 Å². The van der Waals surface area contributed by atoms with Crippen LogP contribution in [0.25, 0.3) is 0 Å². The van der Waals surface area contributed by atoms with E-state index in [1.807, 2.05) is 20.8 Å². The quantitative estimate of drug-likeness (QED) is 0.775. The molecular weight excluding hydrogens is 372 g/mol. The number of carbonyl (C=O) groups excluding carboxylic acids is 1. The highest BCUT2D eigenvalue weighted by atomic mass is 35.5. The maximum absolute atomic E-state index is 12.5. The molecule has 140 valence electrons. The van der Waals surface area contributed by atoms with Gasteiger partial charge in [-0.1, -0.05) is 49.7 Å². The van der Waals surface area contributed by atoms with Crippen molar-refractivity contribution < 1.29 is 13.2 Å². The van der Waals surface area contributed by atoms with E-state index in [0.29, 0.717) is 23.7 Å². The molecule has 0 aromatic heterocycles. The van der Waals surface area contributed by atoms with Crippen molar-refractivity contribution in [3.05, 3.63) is 64.7 Å². The van der Waals surface area contributed by atoms with Gasteiger partial charge in [-0.3, -0.25) is 4.79 Å². The SMILES string of the molecule is CCN(CC)S(=O)(=O)c1ccc(C(C)NC(=O)c2ccccc2Cl)cc1. The fraction of sp³-hybridized carbons (Fsp3) is 0.316. The summed E-state index contributed by atoms with van der Waals surface area (Å²) in [7, 11) is -3.49. The predicted octanol–water partition coefficient (Wildman–Crippen LogP) is 3.86. The van der Waals surface area contributed by atoms with Gasteiger partial charge in [0.05, 0.1) is 21.5 Å². The first-order valence-corrected chi connectivity index (χ1v) is 10.3. The Morgan fingerprint density at radius 3 is 2.19 bits per heavy atom. The van der Waals surface area contributed by atoms with Gasteiger partial charge < -0.3 is 5.32 Å². The molecule has 0 saturated heterocycles. The topological polar surface area (TPSA) is 66.5 Å². The van der Waals surface area contributed by atoms with E-state index in [-0.39, 0.29) is 16.8 Å². The normalized spacial score (nSPS) is 12.8. The predicted molar refractivity (Wildman–Crippen MR) is 104 cm³/mol. The van der Waals surface area contributed by atoms with E-state index in [1.54, 1.807) is 48.5 Å². The van der Waals surface area contributed by atoms with E-state index in [2.05, 4.69) is 5.32 Å². The van der Waals surface area contributed by atoms with Gasteiger partial charge in [-0.25, -0.2) is 8.42 Å². The fourth-order valence-electron chi connectivity index (χ4n) is 2.64. The number of halogens is 1. The number of hydrogen-bond donors (Lipinski definition) is 1. The van der Waals surface area contributed by atoms with E-state index in [4.69, 9.17) is 11.6 Å². The van der Waals surface area contributed by atoms with E-state index >= 15 is 0 Å². The molecule has 0 aliphatic carbocycles. The van der Waals surface area contributed by atoms with Crippen LogP contribution >= 0.6 is 11.6 Å². The molecule has 1 unspecified atom stereocenters. The summed E-state index contributed by atoms with van der Waals surface area (Å²) in [6.07, 6.45) is 0. The zero-order valence-corrected chi connectivity index (χ0v) is 16.6. The van der Waals surface area contributed by atoms with Crippen LogP contribution < -0.4 is 5.32 Å². The highest BCUT2D eigenvalue weighted by molar-refractivity contribution is 7.89. The number of carbonyl (C=O) groups is 1. The molecule has 1 atom stereocenters. The molecule has 2 rings (SSSR count). The third-order valence-corrected chi connectivity index (χ3v) is 6.58. The van der Waals surface area contributed by atoms with Gasteiger partial charge >= 0.3 is 0 Å². The fourth-order valence-corrected chi connectivity index (χ4v) is 4.32.